The summed E-state index contributed by atoms with van der Waals surface area (Å²) in [5, 5.41) is 2.72. The van der Waals surface area contributed by atoms with Crippen LogP contribution in [0.1, 0.15) is 20.3 Å². The normalized spacial score (nSPS) is 11.2. The van der Waals surface area contributed by atoms with E-state index in [1.807, 2.05) is 13.8 Å². The van der Waals surface area contributed by atoms with Crippen LogP contribution in [-0.2, 0) is 14.8 Å². The molecule has 0 aliphatic heterocycles. The number of carbonyl (C=O) groups excluding carboxylic acids is 1. The van der Waals surface area contributed by atoms with Crippen molar-refractivity contribution in [3.63, 3.8) is 0 Å². The third-order valence-electron chi connectivity index (χ3n) is 3.37. The van der Waals surface area contributed by atoms with E-state index in [0.717, 1.165) is 0 Å². The molecule has 0 atom stereocenters. The minimum absolute atomic E-state index is 0.0563. The Morgan fingerprint density at radius 1 is 1.12 bits per heavy atom. The molecule has 0 radical (unpaired) electrons. The molecule has 0 saturated carbocycles. The Hall–Kier alpha value is -2.54. The van der Waals surface area contributed by atoms with E-state index >= 15 is 0 Å². The summed E-state index contributed by atoms with van der Waals surface area (Å²) < 4.78 is 32.9. The summed E-state index contributed by atoms with van der Waals surface area (Å²) in [6.07, 6.45) is 0.371. The van der Waals surface area contributed by atoms with Gasteiger partial charge in [-0.25, -0.2) is 8.42 Å². The Labute approximate surface area is 148 Å². The highest BCUT2D eigenvalue weighted by atomic mass is 32.2. The summed E-state index contributed by atoms with van der Waals surface area (Å²) in [4.78, 5) is 11.9. The van der Waals surface area contributed by atoms with E-state index < -0.39 is 10.0 Å². The molecule has 2 aromatic carbocycles. The number of sulfonamides is 1. The van der Waals surface area contributed by atoms with E-state index in [0.29, 0.717) is 23.5 Å². The second-order valence-corrected chi connectivity index (χ2v) is 7.66. The molecule has 25 heavy (non-hydrogen) atoms. The molecule has 0 fully saturated rings. The third kappa shape index (κ3) is 5.22. The maximum absolute atomic E-state index is 12.6. The van der Waals surface area contributed by atoms with Gasteiger partial charge in [0, 0.05) is 12.1 Å². The molecule has 0 saturated heterocycles. The van der Waals surface area contributed by atoms with Gasteiger partial charge < -0.3 is 10.1 Å². The molecule has 0 bridgehead atoms. The predicted molar refractivity (Wildman–Crippen MR) is 98.3 cm³/mol. The van der Waals surface area contributed by atoms with E-state index in [9.17, 15) is 13.2 Å². The second kappa shape index (κ2) is 8.02. The lowest BCUT2D eigenvalue weighted by Crippen LogP contribution is -2.16. The lowest BCUT2D eigenvalue weighted by molar-refractivity contribution is -0.116. The Kier molecular flexibility index (Phi) is 6.03. The molecule has 0 spiro atoms. The molecule has 0 unspecified atom stereocenters. The average Bonchev–Trinajstić information content (AvgIpc) is 2.54. The van der Waals surface area contributed by atoms with E-state index in [-0.39, 0.29) is 16.7 Å². The van der Waals surface area contributed by atoms with Gasteiger partial charge in [0.15, 0.2) is 0 Å². The van der Waals surface area contributed by atoms with Crippen molar-refractivity contribution in [3.8, 4) is 5.75 Å². The van der Waals surface area contributed by atoms with Crippen molar-refractivity contribution in [2.24, 2.45) is 5.92 Å². The van der Waals surface area contributed by atoms with Crippen molar-refractivity contribution in [2.75, 3.05) is 17.1 Å². The van der Waals surface area contributed by atoms with Gasteiger partial charge >= 0.3 is 0 Å². The van der Waals surface area contributed by atoms with Crippen molar-refractivity contribution >= 4 is 27.3 Å². The van der Waals surface area contributed by atoms with Crippen LogP contribution in [0.3, 0.4) is 0 Å². The van der Waals surface area contributed by atoms with E-state index in [4.69, 9.17) is 4.74 Å². The lowest BCUT2D eigenvalue weighted by atomic mass is 10.1. The number of benzene rings is 2. The van der Waals surface area contributed by atoms with Gasteiger partial charge in [0.25, 0.3) is 10.0 Å². The van der Waals surface area contributed by atoms with Gasteiger partial charge in [-0.3, -0.25) is 9.52 Å². The zero-order valence-corrected chi connectivity index (χ0v) is 15.3. The number of para-hydroxylation sites is 2. The number of ether oxygens (including phenoxy) is 1. The molecule has 0 aliphatic rings. The molecule has 2 rings (SSSR count). The summed E-state index contributed by atoms with van der Waals surface area (Å²) in [5.74, 6) is 0.494. The minimum Gasteiger partial charge on any atom is -0.495 e. The van der Waals surface area contributed by atoms with Crippen LogP contribution in [0, 0.1) is 5.92 Å². The Balaban J connectivity index is 2.22. The Morgan fingerprint density at radius 2 is 1.84 bits per heavy atom. The summed E-state index contributed by atoms with van der Waals surface area (Å²) in [5.41, 5.74) is 0.785. The number of anilines is 2. The number of methoxy groups -OCH3 is 1. The summed E-state index contributed by atoms with van der Waals surface area (Å²) in [7, 11) is -2.34. The molecule has 134 valence electrons. The fourth-order valence-electron chi connectivity index (χ4n) is 2.26. The van der Waals surface area contributed by atoms with Crippen LogP contribution >= 0.6 is 0 Å². The van der Waals surface area contributed by atoms with E-state index in [1.54, 1.807) is 36.4 Å². The first-order valence-electron chi connectivity index (χ1n) is 7.87. The maximum atomic E-state index is 12.6. The SMILES string of the molecule is COc1ccccc1NS(=O)(=O)c1cccc(NC(=O)CC(C)C)c1. The topological polar surface area (TPSA) is 84.5 Å². The molecule has 2 N–H and O–H groups in total. The second-order valence-electron chi connectivity index (χ2n) is 5.98. The standard InChI is InChI=1S/C18H22N2O4S/c1-13(2)11-18(21)19-14-7-6-8-15(12-14)25(22,23)20-16-9-4-5-10-17(16)24-3/h4-10,12-13,20H,11H2,1-3H3,(H,19,21). The van der Waals surface area contributed by atoms with Gasteiger partial charge in [0.2, 0.25) is 5.91 Å². The van der Waals surface area contributed by atoms with Crippen molar-refractivity contribution < 1.29 is 17.9 Å². The molecule has 6 nitrogen and oxygen atoms in total. The molecule has 7 heteroatoms. The monoisotopic (exact) mass is 362 g/mol. The number of nitrogens with one attached hydrogen (secondary N) is 2. The summed E-state index contributed by atoms with van der Waals surface area (Å²) in [6.45, 7) is 3.88. The van der Waals surface area contributed by atoms with Crippen molar-refractivity contribution in [1.29, 1.82) is 0 Å². The van der Waals surface area contributed by atoms with Gasteiger partial charge in [-0.05, 0) is 36.2 Å². The van der Waals surface area contributed by atoms with Crippen LogP contribution < -0.4 is 14.8 Å². The molecular weight excluding hydrogens is 340 g/mol. The van der Waals surface area contributed by atoms with Crippen LogP contribution in [0.25, 0.3) is 0 Å². The highest BCUT2D eigenvalue weighted by Crippen LogP contribution is 2.26. The van der Waals surface area contributed by atoms with Gasteiger partial charge in [0.1, 0.15) is 5.75 Å². The smallest absolute Gasteiger partial charge is 0.262 e. The maximum Gasteiger partial charge on any atom is 0.262 e. The Bertz CT molecular complexity index is 848. The first-order valence-corrected chi connectivity index (χ1v) is 9.36. The quantitative estimate of drug-likeness (QED) is 0.790. The number of hydrogen-bond donors (Lipinski definition) is 2. The zero-order chi connectivity index (χ0) is 18.4. The first kappa shape index (κ1) is 18.8. The number of hydrogen-bond acceptors (Lipinski definition) is 4. The third-order valence-corrected chi connectivity index (χ3v) is 4.74. The number of rotatable bonds is 7. The molecule has 0 heterocycles. The average molecular weight is 362 g/mol. The van der Waals surface area contributed by atoms with Crippen LogP contribution in [0.15, 0.2) is 53.4 Å². The largest absolute Gasteiger partial charge is 0.495 e. The van der Waals surface area contributed by atoms with E-state index in [2.05, 4.69) is 10.0 Å². The van der Waals surface area contributed by atoms with Crippen LogP contribution in [0.4, 0.5) is 11.4 Å². The van der Waals surface area contributed by atoms with Crippen molar-refractivity contribution in [1.82, 2.24) is 0 Å². The van der Waals surface area contributed by atoms with Crippen LogP contribution in [-0.4, -0.2) is 21.4 Å². The highest BCUT2D eigenvalue weighted by molar-refractivity contribution is 7.92. The number of amides is 1. The molecular formula is C18H22N2O4S. The van der Waals surface area contributed by atoms with E-state index in [1.165, 1.54) is 19.2 Å². The summed E-state index contributed by atoms with van der Waals surface area (Å²) >= 11 is 0. The molecule has 0 aromatic heterocycles. The Morgan fingerprint density at radius 3 is 2.52 bits per heavy atom. The zero-order valence-electron chi connectivity index (χ0n) is 14.4. The minimum atomic E-state index is -3.81. The summed E-state index contributed by atoms with van der Waals surface area (Å²) in [6, 6.07) is 12.9. The molecule has 2 aromatic rings. The molecule has 0 aliphatic carbocycles. The van der Waals surface area contributed by atoms with Crippen molar-refractivity contribution in [3.05, 3.63) is 48.5 Å². The van der Waals surface area contributed by atoms with Gasteiger partial charge in [-0.15, -0.1) is 0 Å². The lowest BCUT2D eigenvalue weighted by Gasteiger charge is -2.13. The molecule has 1 amide bonds. The van der Waals surface area contributed by atoms with Crippen LogP contribution in [0.5, 0.6) is 5.75 Å². The van der Waals surface area contributed by atoms with Gasteiger partial charge in [0.05, 0.1) is 17.7 Å². The fourth-order valence-corrected chi connectivity index (χ4v) is 3.37. The van der Waals surface area contributed by atoms with Gasteiger partial charge in [-0.2, -0.15) is 0 Å². The van der Waals surface area contributed by atoms with Gasteiger partial charge in [-0.1, -0.05) is 32.0 Å². The highest BCUT2D eigenvalue weighted by Gasteiger charge is 2.17. The van der Waals surface area contributed by atoms with Crippen LogP contribution in [0.2, 0.25) is 0 Å². The first-order chi connectivity index (χ1) is 11.8. The number of carbonyl (C=O) groups is 1. The van der Waals surface area contributed by atoms with Crippen molar-refractivity contribution in [2.45, 2.75) is 25.2 Å². The predicted octanol–water partition coefficient (Wildman–Crippen LogP) is 3.48. The fraction of sp³-hybridized carbons (Fsp3) is 0.278.